The minimum Gasteiger partial charge on any atom is -0.385 e. The van der Waals surface area contributed by atoms with E-state index >= 15 is 0 Å². The molecule has 2 rings (SSSR count). The van der Waals surface area contributed by atoms with E-state index in [1.165, 1.54) is 36.2 Å². The van der Waals surface area contributed by atoms with Crippen molar-refractivity contribution in [2.75, 3.05) is 29.9 Å². The summed E-state index contributed by atoms with van der Waals surface area (Å²) < 4.78 is 0. The molecule has 0 spiro atoms. The Morgan fingerprint density at radius 3 is 2.94 bits per heavy atom. The lowest BCUT2D eigenvalue weighted by Gasteiger charge is -2.29. The Balaban J connectivity index is 2.31. The first-order chi connectivity index (χ1) is 7.86. The van der Waals surface area contributed by atoms with Crippen LogP contribution in [0.2, 0.25) is 0 Å². The van der Waals surface area contributed by atoms with E-state index in [0.29, 0.717) is 0 Å². The highest BCUT2D eigenvalue weighted by atomic mass is 15.1. The molecule has 16 heavy (non-hydrogen) atoms. The molecule has 0 saturated carbocycles. The minimum atomic E-state index is 1.10. The molecule has 88 valence electrons. The number of anilines is 2. The van der Waals surface area contributed by atoms with Gasteiger partial charge in [0.1, 0.15) is 0 Å². The molecule has 2 heteroatoms. The van der Waals surface area contributed by atoms with Gasteiger partial charge in [0.25, 0.3) is 0 Å². The van der Waals surface area contributed by atoms with Crippen LogP contribution in [0.15, 0.2) is 18.2 Å². The van der Waals surface area contributed by atoms with E-state index < -0.39 is 0 Å². The zero-order valence-corrected chi connectivity index (χ0v) is 10.4. The first-order valence-corrected chi connectivity index (χ1v) is 6.47. The van der Waals surface area contributed by atoms with Gasteiger partial charge in [-0.1, -0.05) is 13.0 Å². The Bertz CT molecular complexity index is 347. The monoisotopic (exact) mass is 218 g/mol. The summed E-state index contributed by atoms with van der Waals surface area (Å²) in [6, 6.07) is 6.65. The van der Waals surface area contributed by atoms with Crippen molar-refractivity contribution >= 4 is 11.4 Å². The number of hydrogen-bond acceptors (Lipinski definition) is 2. The Kier molecular flexibility index (Phi) is 3.70. The van der Waals surface area contributed by atoms with Crippen LogP contribution in [-0.2, 0) is 6.42 Å². The lowest BCUT2D eigenvalue weighted by molar-refractivity contribution is 0.770. The van der Waals surface area contributed by atoms with Crippen molar-refractivity contribution in [2.45, 2.75) is 33.1 Å². The Morgan fingerprint density at radius 2 is 2.19 bits per heavy atom. The Hall–Kier alpha value is -1.18. The summed E-state index contributed by atoms with van der Waals surface area (Å²) in [6.45, 7) is 7.87. The maximum atomic E-state index is 3.50. The molecule has 1 N–H and O–H groups in total. The van der Waals surface area contributed by atoms with Crippen molar-refractivity contribution in [1.82, 2.24) is 0 Å². The van der Waals surface area contributed by atoms with Crippen LogP contribution in [0.4, 0.5) is 11.4 Å². The average molecular weight is 218 g/mol. The van der Waals surface area contributed by atoms with Crippen LogP contribution in [0.5, 0.6) is 0 Å². The summed E-state index contributed by atoms with van der Waals surface area (Å²) in [5.41, 5.74) is 4.30. The first kappa shape index (κ1) is 11.3. The van der Waals surface area contributed by atoms with Gasteiger partial charge in [-0.25, -0.2) is 0 Å². The summed E-state index contributed by atoms with van der Waals surface area (Å²) in [5.74, 6) is 0. The van der Waals surface area contributed by atoms with Gasteiger partial charge in [0.05, 0.1) is 0 Å². The van der Waals surface area contributed by atoms with E-state index in [0.717, 1.165) is 19.6 Å². The summed E-state index contributed by atoms with van der Waals surface area (Å²) in [4.78, 5) is 2.49. The number of rotatable bonds is 4. The first-order valence-electron chi connectivity index (χ1n) is 6.47. The van der Waals surface area contributed by atoms with Gasteiger partial charge in [-0.3, -0.25) is 0 Å². The van der Waals surface area contributed by atoms with Crippen molar-refractivity contribution in [3.63, 3.8) is 0 Å². The topological polar surface area (TPSA) is 15.3 Å². The molecule has 0 unspecified atom stereocenters. The van der Waals surface area contributed by atoms with Gasteiger partial charge >= 0.3 is 0 Å². The van der Waals surface area contributed by atoms with Crippen LogP contribution in [0.1, 0.15) is 32.3 Å². The molecule has 0 fully saturated rings. The number of fused-ring (bicyclic) bond motifs is 1. The predicted octanol–water partition coefficient (Wildman–Crippen LogP) is 3.28. The van der Waals surface area contributed by atoms with Crippen molar-refractivity contribution in [3.8, 4) is 0 Å². The predicted molar refractivity (Wildman–Crippen MR) is 71.4 cm³/mol. The molecule has 0 amide bonds. The van der Waals surface area contributed by atoms with E-state index in [1.807, 2.05) is 0 Å². The van der Waals surface area contributed by atoms with Crippen LogP contribution in [0, 0.1) is 0 Å². The smallest absolute Gasteiger partial charge is 0.0419 e. The van der Waals surface area contributed by atoms with Gasteiger partial charge < -0.3 is 10.2 Å². The lowest BCUT2D eigenvalue weighted by atomic mass is 10.0. The van der Waals surface area contributed by atoms with Gasteiger partial charge in [0, 0.05) is 31.0 Å². The van der Waals surface area contributed by atoms with Gasteiger partial charge in [0.2, 0.25) is 0 Å². The van der Waals surface area contributed by atoms with Crippen LogP contribution in [-0.4, -0.2) is 19.6 Å². The van der Waals surface area contributed by atoms with E-state index in [-0.39, 0.29) is 0 Å². The molecular formula is C14H22N2. The fourth-order valence-electron chi connectivity index (χ4n) is 2.51. The molecule has 0 radical (unpaired) electrons. The molecule has 0 atom stereocenters. The molecule has 2 nitrogen and oxygen atoms in total. The quantitative estimate of drug-likeness (QED) is 0.834. The van der Waals surface area contributed by atoms with E-state index in [1.54, 1.807) is 0 Å². The van der Waals surface area contributed by atoms with Crippen LogP contribution >= 0.6 is 0 Å². The molecule has 1 aliphatic heterocycles. The molecular weight excluding hydrogens is 196 g/mol. The molecule has 1 aromatic rings. The molecule has 0 aromatic heterocycles. The van der Waals surface area contributed by atoms with E-state index in [9.17, 15) is 0 Å². The SMILES string of the molecule is CCCN(CC)c1cccc2c1CCCN2. The summed E-state index contributed by atoms with van der Waals surface area (Å²) in [6.07, 6.45) is 3.69. The highest BCUT2D eigenvalue weighted by Crippen LogP contribution is 2.31. The third kappa shape index (κ3) is 2.16. The fourth-order valence-corrected chi connectivity index (χ4v) is 2.51. The molecule has 1 aliphatic rings. The van der Waals surface area contributed by atoms with Gasteiger partial charge in [-0.2, -0.15) is 0 Å². The van der Waals surface area contributed by atoms with E-state index in [2.05, 4.69) is 42.3 Å². The van der Waals surface area contributed by atoms with Gasteiger partial charge in [0.15, 0.2) is 0 Å². The van der Waals surface area contributed by atoms with Crippen molar-refractivity contribution in [2.24, 2.45) is 0 Å². The maximum Gasteiger partial charge on any atom is 0.0419 e. The maximum absolute atomic E-state index is 3.50. The van der Waals surface area contributed by atoms with Crippen molar-refractivity contribution in [1.29, 1.82) is 0 Å². The second-order valence-corrected chi connectivity index (χ2v) is 4.41. The molecule has 0 bridgehead atoms. The largest absolute Gasteiger partial charge is 0.385 e. The molecule has 1 heterocycles. The lowest BCUT2D eigenvalue weighted by Crippen LogP contribution is -2.26. The average Bonchev–Trinajstić information content (AvgIpc) is 2.35. The number of hydrogen-bond donors (Lipinski definition) is 1. The normalized spacial score (nSPS) is 14.1. The van der Waals surface area contributed by atoms with E-state index in [4.69, 9.17) is 0 Å². The van der Waals surface area contributed by atoms with Gasteiger partial charge in [-0.05, 0) is 43.9 Å². The molecule has 0 saturated heterocycles. The summed E-state index contributed by atoms with van der Waals surface area (Å²) in [5, 5.41) is 3.50. The Labute approximate surface area is 98.7 Å². The number of benzene rings is 1. The third-order valence-corrected chi connectivity index (χ3v) is 3.29. The van der Waals surface area contributed by atoms with Crippen molar-refractivity contribution < 1.29 is 0 Å². The third-order valence-electron chi connectivity index (χ3n) is 3.29. The second kappa shape index (κ2) is 5.24. The zero-order valence-electron chi connectivity index (χ0n) is 10.4. The van der Waals surface area contributed by atoms with Crippen LogP contribution in [0.3, 0.4) is 0 Å². The molecule has 1 aromatic carbocycles. The van der Waals surface area contributed by atoms with Gasteiger partial charge in [-0.15, -0.1) is 0 Å². The zero-order chi connectivity index (χ0) is 11.4. The molecule has 0 aliphatic carbocycles. The highest BCUT2D eigenvalue weighted by Gasteiger charge is 2.15. The fraction of sp³-hybridized carbons (Fsp3) is 0.571. The highest BCUT2D eigenvalue weighted by molar-refractivity contribution is 5.67. The summed E-state index contributed by atoms with van der Waals surface area (Å²) >= 11 is 0. The standard InChI is InChI=1S/C14H22N2/c1-3-11-16(4-2)14-9-5-8-13-12(14)7-6-10-15-13/h5,8-9,15H,3-4,6-7,10-11H2,1-2H3. The number of nitrogens with one attached hydrogen (secondary N) is 1. The van der Waals surface area contributed by atoms with Crippen LogP contribution < -0.4 is 10.2 Å². The summed E-state index contributed by atoms with van der Waals surface area (Å²) in [7, 11) is 0. The van der Waals surface area contributed by atoms with Crippen LogP contribution in [0.25, 0.3) is 0 Å². The van der Waals surface area contributed by atoms with Crippen molar-refractivity contribution in [3.05, 3.63) is 23.8 Å². The second-order valence-electron chi connectivity index (χ2n) is 4.41. The Morgan fingerprint density at radius 1 is 1.31 bits per heavy atom. The minimum absolute atomic E-state index is 1.10. The number of nitrogens with zero attached hydrogens (tertiary/aromatic N) is 1.